The second-order valence-electron chi connectivity index (χ2n) is 7.26. The third kappa shape index (κ3) is 4.17. The van der Waals surface area contributed by atoms with Crippen LogP contribution < -0.4 is 5.32 Å². The van der Waals surface area contributed by atoms with Gasteiger partial charge in [0.2, 0.25) is 0 Å². The van der Waals surface area contributed by atoms with Crippen LogP contribution in [0.4, 0.5) is 11.6 Å². The number of pyridine rings is 2. The highest BCUT2D eigenvalue weighted by Crippen LogP contribution is 2.30. The molecule has 0 atom stereocenters. The van der Waals surface area contributed by atoms with Crippen LogP contribution in [0, 0.1) is 6.92 Å². The number of hydrogen-bond acceptors (Lipinski definition) is 5. The molecule has 1 aliphatic rings. The summed E-state index contributed by atoms with van der Waals surface area (Å²) in [5.41, 5.74) is 3.75. The monoisotopic (exact) mass is 362 g/mol. The molecular formula is C21H26N6. The Morgan fingerprint density at radius 1 is 1.07 bits per heavy atom. The van der Waals surface area contributed by atoms with Crippen molar-refractivity contribution in [2.24, 2.45) is 7.05 Å². The highest BCUT2D eigenvalue weighted by atomic mass is 15.3. The molecule has 1 N–H and O–H groups in total. The number of nitrogens with zero attached hydrogens (tertiary/aromatic N) is 5. The Labute approximate surface area is 160 Å². The molecule has 0 spiro atoms. The van der Waals surface area contributed by atoms with E-state index in [1.807, 2.05) is 30.2 Å². The minimum atomic E-state index is 0.584. The zero-order valence-electron chi connectivity index (χ0n) is 16.0. The molecule has 3 aromatic rings. The second kappa shape index (κ2) is 7.88. The summed E-state index contributed by atoms with van der Waals surface area (Å²) < 4.78 is 1.96. The van der Waals surface area contributed by atoms with Gasteiger partial charge >= 0.3 is 0 Å². The maximum absolute atomic E-state index is 4.47. The summed E-state index contributed by atoms with van der Waals surface area (Å²) in [4.78, 5) is 11.4. The van der Waals surface area contributed by atoms with Crippen LogP contribution in [0.2, 0.25) is 0 Å². The Kier molecular flexibility index (Phi) is 5.16. The van der Waals surface area contributed by atoms with Gasteiger partial charge in [0.25, 0.3) is 0 Å². The highest BCUT2D eigenvalue weighted by molar-refractivity contribution is 5.56. The van der Waals surface area contributed by atoms with E-state index in [2.05, 4.69) is 56.5 Å². The summed E-state index contributed by atoms with van der Waals surface area (Å²) >= 11 is 0. The predicted octanol–water partition coefficient (Wildman–Crippen LogP) is 3.64. The Balaban J connectivity index is 1.38. The Morgan fingerprint density at radius 2 is 1.93 bits per heavy atom. The van der Waals surface area contributed by atoms with Crippen molar-refractivity contribution in [3.05, 3.63) is 65.7 Å². The van der Waals surface area contributed by atoms with Gasteiger partial charge in [-0.2, -0.15) is 5.10 Å². The Hall–Kier alpha value is -2.73. The lowest BCUT2D eigenvalue weighted by atomic mass is 9.90. The lowest BCUT2D eigenvalue weighted by Crippen LogP contribution is -2.33. The van der Waals surface area contributed by atoms with Crippen LogP contribution in [0.25, 0.3) is 0 Å². The summed E-state index contributed by atoms with van der Waals surface area (Å²) in [6.45, 7) is 5.25. The van der Waals surface area contributed by atoms with E-state index >= 15 is 0 Å². The molecule has 6 nitrogen and oxygen atoms in total. The minimum absolute atomic E-state index is 0.584. The third-order valence-corrected chi connectivity index (χ3v) is 5.41. The van der Waals surface area contributed by atoms with Gasteiger partial charge in [0, 0.05) is 32.2 Å². The van der Waals surface area contributed by atoms with Crippen LogP contribution in [0.15, 0.2) is 48.9 Å². The number of piperidine rings is 1. The van der Waals surface area contributed by atoms with Gasteiger partial charge in [-0.15, -0.1) is 0 Å². The molecular weight excluding hydrogens is 336 g/mol. The molecule has 0 bridgehead atoms. The van der Waals surface area contributed by atoms with Crippen molar-refractivity contribution in [1.29, 1.82) is 0 Å². The lowest BCUT2D eigenvalue weighted by Gasteiger charge is -2.32. The molecule has 1 fully saturated rings. The lowest BCUT2D eigenvalue weighted by molar-refractivity contribution is 0.200. The first-order valence-corrected chi connectivity index (χ1v) is 9.53. The van der Waals surface area contributed by atoms with Crippen molar-refractivity contribution in [2.75, 3.05) is 18.4 Å². The van der Waals surface area contributed by atoms with E-state index in [0.29, 0.717) is 5.92 Å². The van der Waals surface area contributed by atoms with E-state index in [0.717, 1.165) is 36.8 Å². The fourth-order valence-corrected chi connectivity index (χ4v) is 3.72. The number of nitrogens with one attached hydrogen (secondary N) is 1. The van der Waals surface area contributed by atoms with E-state index in [1.165, 1.54) is 24.1 Å². The third-order valence-electron chi connectivity index (χ3n) is 5.41. The fraction of sp³-hybridized carbons (Fsp3) is 0.381. The summed E-state index contributed by atoms with van der Waals surface area (Å²) in [6.07, 6.45) is 7.92. The van der Waals surface area contributed by atoms with E-state index in [4.69, 9.17) is 0 Å². The van der Waals surface area contributed by atoms with Gasteiger partial charge < -0.3 is 5.32 Å². The summed E-state index contributed by atoms with van der Waals surface area (Å²) in [6, 6.07) is 10.4. The topological polar surface area (TPSA) is 58.9 Å². The molecule has 0 aliphatic carbocycles. The SMILES string of the molecule is Cc1cccnc1Nc1cc(C2CCN(Cc3ccnn3C)CC2)ccn1. The molecule has 4 rings (SSSR count). The Morgan fingerprint density at radius 3 is 2.67 bits per heavy atom. The van der Waals surface area contributed by atoms with Crippen molar-refractivity contribution in [3.63, 3.8) is 0 Å². The summed E-state index contributed by atoms with van der Waals surface area (Å²) in [5, 5.41) is 7.62. The molecule has 27 heavy (non-hydrogen) atoms. The molecule has 1 aliphatic heterocycles. The molecule has 0 amide bonds. The van der Waals surface area contributed by atoms with Crippen molar-refractivity contribution in [3.8, 4) is 0 Å². The van der Waals surface area contributed by atoms with Crippen LogP contribution in [0.5, 0.6) is 0 Å². The summed E-state index contributed by atoms with van der Waals surface area (Å²) in [7, 11) is 2.01. The fourth-order valence-electron chi connectivity index (χ4n) is 3.72. The molecule has 4 heterocycles. The first kappa shape index (κ1) is 17.7. The molecule has 0 radical (unpaired) electrons. The number of likely N-dealkylation sites (tertiary alicyclic amines) is 1. The van der Waals surface area contributed by atoms with Crippen molar-refractivity contribution in [1.82, 2.24) is 24.6 Å². The highest BCUT2D eigenvalue weighted by Gasteiger charge is 2.21. The smallest absolute Gasteiger partial charge is 0.134 e. The van der Waals surface area contributed by atoms with Gasteiger partial charge in [-0.1, -0.05) is 6.07 Å². The van der Waals surface area contributed by atoms with Gasteiger partial charge in [0.05, 0.1) is 5.69 Å². The average molecular weight is 362 g/mol. The minimum Gasteiger partial charge on any atom is -0.325 e. The molecule has 0 unspecified atom stereocenters. The van der Waals surface area contributed by atoms with Crippen LogP contribution in [-0.2, 0) is 13.6 Å². The molecule has 6 heteroatoms. The molecule has 140 valence electrons. The average Bonchev–Trinajstić information content (AvgIpc) is 3.09. The second-order valence-corrected chi connectivity index (χ2v) is 7.26. The predicted molar refractivity (Wildman–Crippen MR) is 107 cm³/mol. The maximum Gasteiger partial charge on any atom is 0.134 e. The largest absolute Gasteiger partial charge is 0.325 e. The standard InChI is InChI=1S/C21H26N6/c1-16-4-3-9-23-21(16)25-20-14-18(5-10-22-20)17-7-12-27(13-8-17)15-19-6-11-24-26(19)2/h3-6,9-11,14,17H,7-8,12-13,15H2,1-2H3,(H,22,23,25). The van der Waals surface area contributed by atoms with Gasteiger partial charge in [0.1, 0.15) is 11.6 Å². The number of anilines is 2. The van der Waals surface area contributed by atoms with Crippen molar-refractivity contribution in [2.45, 2.75) is 32.2 Å². The van der Waals surface area contributed by atoms with Crippen LogP contribution in [0.3, 0.4) is 0 Å². The first-order valence-electron chi connectivity index (χ1n) is 9.53. The van der Waals surface area contributed by atoms with Gasteiger partial charge in [-0.3, -0.25) is 9.58 Å². The number of hydrogen-bond donors (Lipinski definition) is 1. The van der Waals surface area contributed by atoms with E-state index < -0.39 is 0 Å². The number of aromatic nitrogens is 4. The normalized spacial score (nSPS) is 15.8. The molecule has 0 saturated carbocycles. The van der Waals surface area contributed by atoms with E-state index in [-0.39, 0.29) is 0 Å². The molecule has 3 aromatic heterocycles. The van der Waals surface area contributed by atoms with E-state index in [1.54, 1.807) is 6.20 Å². The van der Waals surface area contributed by atoms with Crippen molar-refractivity contribution < 1.29 is 0 Å². The first-order chi connectivity index (χ1) is 13.2. The van der Waals surface area contributed by atoms with Gasteiger partial charge in [-0.25, -0.2) is 9.97 Å². The van der Waals surface area contributed by atoms with Crippen molar-refractivity contribution >= 4 is 11.6 Å². The van der Waals surface area contributed by atoms with E-state index in [9.17, 15) is 0 Å². The van der Waals surface area contributed by atoms with Gasteiger partial charge in [0.15, 0.2) is 0 Å². The van der Waals surface area contributed by atoms with Crippen LogP contribution in [0.1, 0.15) is 35.6 Å². The summed E-state index contributed by atoms with van der Waals surface area (Å²) in [5.74, 6) is 2.32. The zero-order valence-corrected chi connectivity index (χ0v) is 16.0. The number of rotatable bonds is 5. The molecule has 1 saturated heterocycles. The molecule has 0 aromatic carbocycles. The Bertz CT molecular complexity index is 895. The van der Waals surface area contributed by atoms with Crippen LogP contribution >= 0.6 is 0 Å². The van der Waals surface area contributed by atoms with Crippen LogP contribution in [-0.4, -0.2) is 37.7 Å². The number of aryl methyl sites for hydroxylation is 2. The maximum atomic E-state index is 4.47. The zero-order chi connectivity index (χ0) is 18.6. The quantitative estimate of drug-likeness (QED) is 0.751. The van der Waals surface area contributed by atoms with Gasteiger partial charge in [-0.05, 0) is 74.2 Å².